The van der Waals surface area contributed by atoms with Crippen LogP contribution in [-0.2, 0) is 5.60 Å². The van der Waals surface area contributed by atoms with Crippen molar-refractivity contribution in [2.75, 3.05) is 5.32 Å². The van der Waals surface area contributed by atoms with Gasteiger partial charge in [0.1, 0.15) is 5.69 Å². The van der Waals surface area contributed by atoms with Crippen LogP contribution in [0.3, 0.4) is 0 Å². The maximum absolute atomic E-state index is 12.8. The van der Waals surface area contributed by atoms with E-state index in [1.54, 1.807) is 26.0 Å². The van der Waals surface area contributed by atoms with E-state index < -0.39 is 11.5 Å². The van der Waals surface area contributed by atoms with Crippen molar-refractivity contribution < 1.29 is 9.90 Å². The number of fused-ring (bicyclic) bond motifs is 1. The average Bonchev–Trinajstić information content (AvgIpc) is 3.16. The molecule has 2 aromatic heterocycles. The maximum Gasteiger partial charge on any atom is 0.275 e. The molecule has 1 aliphatic carbocycles. The number of anilines is 1. The normalized spacial score (nSPS) is 19.5. The molecule has 32 heavy (non-hydrogen) atoms. The molecule has 1 amide bonds. The lowest BCUT2D eigenvalue weighted by molar-refractivity contribution is 0.0793. The molecular weight excluding hydrogens is 424 g/mol. The topological polar surface area (TPSA) is 80.0 Å². The fourth-order valence-corrected chi connectivity index (χ4v) is 4.86. The Morgan fingerprint density at radius 3 is 2.59 bits per heavy atom. The summed E-state index contributed by atoms with van der Waals surface area (Å²) in [5.41, 5.74) is 0.915. The van der Waals surface area contributed by atoms with Crippen molar-refractivity contribution in [3.8, 4) is 0 Å². The molecule has 0 aliphatic heterocycles. The summed E-state index contributed by atoms with van der Waals surface area (Å²) in [6.07, 6.45) is 8.26. The van der Waals surface area contributed by atoms with Crippen LogP contribution in [0.1, 0.15) is 75.5 Å². The molecule has 0 unspecified atom stereocenters. The summed E-state index contributed by atoms with van der Waals surface area (Å²) < 4.78 is 2.07. The number of hydrogen-bond donors (Lipinski definition) is 2. The van der Waals surface area contributed by atoms with Crippen LogP contribution in [0.15, 0.2) is 36.7 Å². The molecule has 3 aromatic rings. The number of carbonyl (C=O) groups excluding carboxylic acids is 1. The monoisotopic (exact) mass is 454 g/mol. The fourth-order valence-electron chi connectivity index (χ4n) is 4.65. The van der Waals surface area contributed by atoms with Crippen LogP contribution in [0.4, 0.5) is 5.69 Å². The number of pyridine rings is 1. The lowest BCUT2D eigenvalue weighted by Crippen LogP contribution is -2.21. The summed E-state index contributed by atoms with van der Waals surface area (Å²) in [6.45, 7) is 8.00. The smallest absolute Gasteiger partial charge is 0.275 e. The zero-order valence-corrected chi connectivity index (χ0v) is 19.9. The summed E-state index contributed by atoms with van der Waals surface area (Å²) >= 11 is 6.14. The van der Waals surface area contributed by atoms with Crippen LogP contribution in [0.25, 0.3) is 10.9 Å². The van der Waals surface area contributed by atoms with E-state index in [0.717, 1.165) is 35.6 Å². The highest BCUT2D eigenvalue weighted by Gasteiger charge is 2.27. The quantitative estimate of drug-likeness (QED) is 0.499. The molecule has 1 saturated carbocycles. The number of hydrogen-bond acceptors (Lipinski definition) is 4. The van der Waals surface area contributed by atoms with E-state index in [-0.39, 0.29) is 10.7 Å². The van der Waals surface area contributed by atoms with E-state index in [1.807, 2.05) is 18.3 Å². The Balaban J connectivity index is 1.65. The minimum atomic E-state index is -1.16. The Kier molecular flexibility index (Phi) is 6.28. The van der Waals surface area contributed by atoms with Crippen molar-refractivity contribution in [2.45, 2.75) is 65.0 Å². The van der Waals surface area contributed by atoms with Crippen molar-refractivity contribution in [2.24, 2.45) is 11.8 Å². The Morgan fingerprint density at radius 2 is 1.97 bits per heavy atom. The van der Waals surface area contributed by atoms with Crippen molar-refractivity contribution >= 4 is 34.1 Å². The van der Waals surface area contributed by atoms with Gasteiger partial charge in [-0.3, -0.25) is 9.48 Å². The standard InChI is InChI=1S/C25H31ClN4O2/c1-15(2)16-7-9-18(10-8-16)30-14-17-12-22(19(25(3,4)32)13-21(17)29-30)28-24(31)23-20(26)6-5-11-27-23/h5-6,11-16,18,32H,7-10H2,1-4H3,(H,28,31). The predicted octanol–water partition coefficient (Wildman–Crippen LogP) is 5.95. The molecule has 4 rings (SSSR count). The van der Waals surface area contributed by atoms with Gasteiger partial charge >= 0.3 is 0 Å². The van der Waals surface area contributed by atoms with Crippen molar-refractivity contribution in [1.82, 2.24) is 14.8 Å². The van der Waals surface area contributed by atoms with E-state index in [2.05, 4.69) is 28.8 Å². The molecule has 7 heteroatoms. The Labute approximate surface area is 194 Å². The maximum atomic E-state index is 12.8. The van der Waals surface area contributed by atoms with Gasteiger partial charge in [0.2, 0.25) is 0 Å². The van der Waals surface area contributed by atoms with E-state index in [0.29, 0.717) is 17.3 Å². The molecule has 0 bridgehead atoms. The third kappa shape index (κ3) is 4.66. The van der Waals surface area contributed by atoms with Gasteiger partial charge in [-0.25, -0.2) is 4.98 Å². The molecular formula is C25H31ClN4O2. The number of aliphatic hydroxyl groups is 1. The van der Waals surface area contributed by atoms with E-state index in [9.17, 15) is 9.90 Å². The second-order valence-electron chi connectivity index (χ2n) is 9.73. The summed E-state index contributed by atoms with van der Waals surface area (Å²) in [4.78, 5) is 16.9. The second-order valence-corrected chi connectivity index (χ2v) is 10.1. The highest BCUT2D eigenvalue weighted by Crippen LogP contribution is 2.37. The first kappa shape index (κ1) is 22.7. The molecule has 2 heterocycles. The van der Waals surface area contributed by atoms with Gasteiger partial charge in [0.15, 0.2) is 0 Å². The van der Waals surface area contributed by atoms with Crippen LogP contribution in [0, 0.1) is 11.8 Å². The van der Waals surface area contributed by atoms with Crippen LogP contribution in [0.5, 0.6) is 0 Å². The summed E-state index contributed by atoms with van der Waals surface area (Å²) in [5.74, 6) is 1.10. The molecule has 170 valence electrons. The summed E-state index contributed by atoms with van der Waals surface area (Å²) in [5, 5.41) is 19.7. The Bertz CT molecular complexity index is 1120. The number of amides is 1. The van der Waals surface area contributed by atoms with Gasteiger partial charge in [-0.05, 0) is 75.6 Å². The van der Waals surface area contributed by atoms with Crippen molar-refractivity contribution in [1.29, 1.82) is 0 Å². The Hall–Kier alpha value is -2.44. The van der Waals surface area contributed by atoms with Crippen LogP contribution in [-0.4, -0.2) is 25.8 Å². The molecule has 0 saturated heterocycles. The number of aromatic nitrogens is 3. The van der Waals surface area contributed by atoms with E-state index >= 15 is 0 Å². The van der Waals surface area contributed by atoms with E-state index in [1.165, 1.54) is 19.0 Å². The number of benzene rings is 1. The van der Waals surface area contributed by atoms with Crippen LogP contribution < -0.4 is 5.32 Å². The lowest BCUT2D eigenvalue weighted by Gasteiger charge is -2.30. The molecule has 0 radical (unpaired) electrons. The van der Waals surface area contributed by atoms with Gasteiger partial charge in [0, 0.05) is 29.0 Å². The molecule has 1 aromatic carbocycles. The molecule has 0 spiro atoms. The molecule has 2 N–H and O–H groups in total. The zero-order chi connectivity index (χ0) is 23.0. The third-order valence-electron chi connectivity index (χ3n) is 6.60. The number of halogens is 1. The van der Waals surface area contributed by atoms with Gasteiger partial charge in [0.25, 0.3) is 5.91 Å². The highest BCUT2D eigenvalue weighted by atomic mass is 35.5. The number of carbonyl (C=O) groups is 1. The number of rotatable bonds is 5. The zero-order valence-electron chi connectivity index (χ0n) is 19.1. The summed E-state index contributed by atoms with van der Waals surface area (Å²) in [7, 11) is 0. The fraction of sp³-hybridized carbons (Fsp3) is 0.480. The Morgan fingerprint density at radius 1 is 1.25 bits per heavy atom. The predicted molar refractivity (Wildman–Crippen MR) is 128 cm³/mol. The SMILES string of the molecule is CC(C)C1CCC(n2cc3cc(NC(=O)c4ncccc4Cl)c(C(C)(C)O)cc3n2)CC1. The van der Waals surface area contributed by atoms with Gasteiger partial charge in [-0.2, -0.15) is 5.10 Å². The summed E-state index contributed by atoms with van der Waals surface area (Å²) in [6, 6.07) is 7.42. The first-order valence-corrected chi connectivity index (χ1v) is 11.7. The first-order valence-electron chi connectivity index (χ1n) is 11.3. The average molecular weight is 455 g/mol. The first-order chi connectivity index (χ1) is 15.1. The minimum absolute atomic E-state index is 0.147. The molecule has 0 atom stereocenters. The molecule has 6 nitrogen and oxygen atoms in total. The van der Waals surface area contributed by atoms with Crippen LogP contribution in [0.2, 0.25) is 5.02 Å². The number of nitrogens with one attached hydrogen (secondary N) is 1. The lowest BCUT2D eigenvalue weighted by atomic mass is 9.80. The third-order valence-corrected chi connectivity index (χ3v) is 6.91. The number of nitrogens with zero attached hydrogens (tertiary/aromatic N) is 3. The van der Waals surface area contributed by atoms with Crippen LogP contribution >= 0.6 is 11.6 Å². The molecule has 1 aliphatic rings. The largest absolute Gasteiger partial charge is 0.386 e. The van der Waals surface area contributed by atoms with E-state index in [4.69, 9.17) is 16.7 Å². The highest BCUT2D eigenvalue weighted by molar-refractivity contribution is 6.34. The molecule has 1 fully saturated rings. The van der Waals surface area contributed by atoms with Gasteiger partial charge in [0.05, 0.1) is 22.2 Å². The van der Waals surface area contributed by atoms with Crippen molar-refractivity contribution in [3.05, 3.63) is 52.9 Å². The van der Waals surface area contributed by atoms with Gasteiger partial charge in [-0.1, -0.05) is 25.4 Å². The second kappa shape index (κ2) is 8.83. The van der Waals surface area contributed by atoms with Crippen molar-refractivity contribution in [3.63, 3.8) is 0 Å². The minimum Gasteiger partial charge on any atom is -0.386 e. The van der Waals surface area contributed by atoms with Gasteiger partial charge < -0.3 is 10.4 Å². The van der Waals surface area contributed by atoms with Gasteiger partial charge in [-0.15, -0.1) is 0 Å².